The lowest BCUT2D eigenvalue weighted by molar-refractivity contribution is 0.108. The fourth-order valence-corrected chi connectivity index (χ4v) is 1.73. The quantitative estimate of drug-likeness (QED) is 0.632. The number of rotatable bonds is 3. The summed E-state index contributed by atoms with van der Waals surface area (Å²) in [6, 6.07) is 0.504. The Hall–Kier alpha value is -0.120. The van der Waals surface area contributed by atoms with Gasteiger partial charge in [0.25, 0.3) is 0 Å². The molecule has 0 aromatic rings. The fraction of sp³-hybridized carbons (Fsp3) is 1.00. The Labute approximate surface area is 74.5 Å². The van der Waals surface area contributed by atoms with Gasteiger partial charge in [-0.1, -0.05) is 0 Å². The zero-order valence-electron chi connectivity index (χ0n) is 7.87. The largest absolute Gasteiger partial charge is 0.396 e. The second kappa shape index (κ2) is 4.80. The van der Waals surface area contributed by atoms with Gasteiger partial charge < -0.3 is 10.8 Å². The van der Waals surface area contributed by atoms with Crippen LogP contribution in [0.2, 0.25) is 0 Å². The van der Waals surface area contributed by atoms with Crippen molar-refractivity contribution >= 4 is 0 Å². The van der Waals surface area contributed by atoms with Gasteiger partial charge in [0.2, 0.25) is 0 Å². The minimum absolute atomic E-state index is 0.352. The van der Waals surface area contributed by atoms with Crippen molar-refractivity contribution in [3.05, 3.63) is 0 Å². The molecule has 1 aliphatic rings. The van der Waals surface area contributed by atoms with Crippen molar-refractivity contribution in [2.45, 2.75) is 25.8 Å². The minimum Gasteiger partial charge on any atom is -0.396 e. The molecule has 1 heterocycles. The van der Waals surface area contributed by atoms with Crippen molar-refractivity contribution in [3.8, 4) is 0 Å². The molecule has 72 valence electrons. The molecule has 3 N–H and O–H groups in total. The number of aliphatic hydroxyl groups is 1. The molecule has 1 rings (SSSR count). The van der Waals surface area contributed by atoms with Crippen LogP contribution >= 0.6 is 0 Å². The van der Waals surface area contributed by atoms with Crippen LogP contribution in [0.3, 0.4) is 0 Å². The summed E-state index contributed by atoms with van der Waals surface area (Å²) < 4.78 is 0. The summed E-state index contributed by atoms with van der Waals surface area (Å²) in [4.78, 5) is 2.41. The molecule has 1 aliphatic heterocycles. The number of nitrogens with two attached hydrogens (primary N) is 1. The van der Waals surface area contributed by atoms with Crippen molar-refractivity contribution in [3.63, 3.8) is 0 Å². The number of nitrogens with zero attached hydrogens (tertiary/aromatic N) is 1. The summed E-state index contributed by atoms with van der Waals surface area (Å²) in [6.07, 6.45) is 2.25. The molecule has 0 aliphatic carbocycles. The van der Waals surface area contributed by atoms with Crippen LogP contribution in [0.5, 0.6) is 0 Å². The molecular weight excluding hydrogens is 152 g/mol. The van der Waals surface area contributed by atoms with E-state index in [0.717, 1.165) is 32.5 Å². The maximum absolute atomic E-state index is 8.93. The first-order valence-electron chi connectivity index (χ1n) is 4.83. The Morgan fingerprint density at radius 1 is 1.50 bits per heavy atom. The summed E-state index contributed by atoms with van der Waals surface area (Å²) in [5, 5.41) is 8.93. The van der Waals surface area contributed by atoms with Crippen molar-refractivity contribution in [2.24, 2.45) is 11.7 Å². The molecule has 1 unspecified atom stereocenters. The normalized spacial score (nSPS) is 24.2. The van der Waals surface area contributed by atoms with E-state index >= 15 is 0 Å². The molecule has 0 aromatic carbocycles. The molecule has 0 amide bonds. The van der Waals surface area contributed by atoms with E-state index in [1.807, 2.05) is 0 Å². The first-order valence-corrected chi connectivity index (χ1v) is 4.83. The second-order valence-corrected chi connectivity index (χ2v) is 3.75. The van der Waals surface area contributed by atoms with E-state index in [1.165, 1.54) is 0 Å². The lowest BCUT2D eigenvalue weighted by Gasteiger charge is -2.34. The first kappa shape index (κ1) is 9.96. The van der Waals surface area contributed by atoms with Crippen LogP contribution in [0.15, 0.2) is 0 Å². The Kier molecular flexibility index (Phi) is 3.98. The van der Waals surface area contributed by atoms with Gasteiger partial charge >= 0.3 is 0 Å². The summed E-state index contributed by atoms with van der Waals surface area (Å²) in [6.45, 7) is 5.46. The van der Waals surface area contributed by atoms with Gasteiger partial charge in [-0.15, -0.1) is 0 Å². The lowest BCUT2D eigenvalue weighted by Crippen LogP contribution is -2.43. The summed E-state index contributed by atoms with van der Waals surface area (Å²) in [5.41, 5.74) is 5.58. The number of aliphatic hydroxyl groups excluding tert-OH is 1. The van der Waals surface area contributed by atoms with Crippen LogP contribution < -0.4 is 5.73 Å². The first-order chi connectivity index (χ1) is 5.77. The van der Waals surface area contributed by atoms with E-state index in [0.29, 0.717) is 18.6 Å². The van der Waals surface area contributed by atoms with E-state index < -0.39 is 0 Å². The highest BCUT2D eigenvalue weighted by Gasteiger charge is 2.20. The van der Waals surface area contributed by atoms with Gasteiger partial charge in [-0.2, -0.15) is 0 Å². The molecule has 0 spiro atoms. The highest BCUT2D eigenvalue weighted by Crippen LogP contribution is 2.17. The van der Waals surface area contributed by atoms with Gasteiger partial charge in [0, 0.05) is 19.2 Å². The lowest BCUT2D eigenvalue weighted by atomic mass is 9.97. The van der Waals surface area contributed by atoms with E-state index in [9.17, 15) is 0 Å². The summed E-state index contributed by atoms with van der Waals surface area (Å²) in [7, 11) is 0. The third kappa shape index (κ3) is 2.44. The Bertz CT molecular complexity index is 122. The molecule has 0 saturated carbocycles. The number of piperidine rings is 1. The van der Waals surface area contributed by atoms with Crippen LogP contribution in [0.4, 0.5) is 0 Å². The Balaban J connectivity index is 2.25. The van der Waals surface area contributed by atoms with Gasteiger partial charge in [-0.05, 0) is 38.8 Å². The molecule has 3 nitrogen and oxygen atoms in total. The van der Waals surface area contributed by atoms with Crippen LogP contribution in [0.25, 0.3) is 0 Å². The van der Waals surface area contributed by atoms with Crippen molar-refractivity contribution in [2.75, 3.05) is 26.2 Å². The monoisotopic (exact) mass is 172 g/mol. The van der Waals surface area contributed by atoms with Gasteiger partial charge in [-0.25, -0.2) is 0 Å². The van der Waals surface area contributed by atoms with Gasteiger partial charge in [-0.3, -0.25) is 4.90 Å². The highest BCUT2D eigenvalue weighted by atomic mass is 16.3. The number of hydrogen-bond acceptors (Lipinski definition) is 3. The van der Waals surface area contributed by atoms with E-state index in [2.05, 4.69) is 11.8 Å². The summed E-state index contributed by atoms with van der Waals surface area (Å²) >= 11 is 0. The van der Waals surface area contributed by atoms with Crippen LogP contribution in [-0.4, -0.2) is 42.3 Å². The summed E-state index contributed by atoms with van der Waals surface area (Å²) in [5.74, 6) is 0.534. The predicted molar refractivity (Wildman–Crippen MR) is 49.9 cm³/mol. The van der Waals surface area contributed by atoms with Crippen molar-refractivity contribution in [1.82, 2.24) is 4.90 Å². The topological polar surface area (TPSA) is 49.5 Å². The molecule has 3 heteroatoms. The van der Waals surface area contributed by atoms with Crippen molar-refractivity contribution < 1.29 is 5.11 Å². The predicted octanol–water partition coefficient (Wildman–Crippen LogP) is 0.0379. The van der Waals surface area contributed by atoms with Gasteiger partial charge in [0.1, 0.15) is 0 Å². The molecule has 1 fully saturated rings. The number of likely N-dealkylation sites (tertiary alicyclic amines) is 1. The maximum Gasteiger partial charge on any atom is 0.0460 e. The van der Waals surface area contributed by atoms with Gasteiger partial charge in [0.05, 0.1) is 0 Å². The molecule has 0 radical (unpaired) electrons. The molecule has 12 heavy (non-hydrogen) atoms. The zero-order valence-corrected chi connectivity index (χ0v) is 7.87. The Morgan fingerprint density at radius 3 is 2.50 bits per heavy atom. The molecule has 1 atom stereocenters. The van der Waals surface area contributed by atoms with Crippen LogP contribution in [0, 0.1) is 5.92 Å². The smallest absolute Gasteiger partial charge is 0.0460 e. The fourth-order valence-electron chi connectivity index (χ4n) is 1.73. The molecular formula is C9H20N2O. The second-order valence-electron chi connectivity index (χ2n) is 3.75. The third-order valence-corrected chi connectivity index (χ3v) is 2.87. The van der Waals surface area contributed by atoms with Gasteiger partial charge in [0.15, 0.2) is 0 Å². The van der Waals surface area contributed by atoms with Crippen LogP contribution in [-0.2, 0) is 0 Å². The van der Waals surface area contributed by atoms with E-state index in [4.69, 9.17) is 10.8 Å². The molecule has 0 aromatic heterocycles. The maximum atomic E-state index is 8.93. The standard InChI is InChI=1S/C9H20N2O/c1-8(6-10)11-4-2-9(7-12)3-5-11/h8-9,12H,2-7,10H2,1H3. The Morgan fingerprint density at radius 2 is 2.08 bits per heavy atom. The molecule has 0 bridgehead atoms. The van der Waals surface area contributed by atoms with Crippen LogP contribution in [0.1, 0.15) is 19.8 Å². The number of hydrogen-bond donors (Lipinski definition) is 2. The van der Waals surface area contributed by atoms with E-state index in [-0.39, 0.29) is 0 Å². The average molecular weight is 172 g/mol. The zero-order chi connectivity index (χ0) is 8.97. The highest BCUT2D eigenvalue weighted by molar-refractivity contribution is 4.75. The molecule has 1 saturated heterocycles. The SMILES string of the molecule is CC(CN)N1CCC(CO)CC1. The minimum atomic E-state index is 0.352. The van der Waals surface area contributed by atoms with E-state index in [1.54, 1.807) is 0 Å². The van der Waals surface area contributed by atoms with Crippen molar-refractivity contribution in [1.29, 1.82) is 0 Å². The third-order valence-electron chi connectivity index (χ3n) is 2.87. The average Bonchev–Trinajstić information content (AvgIpc) is 2.17.